The highest BCUT2D eigenvalue weighted by Gasteiger charge is 2.15. The molecule has 6 nitrogen and oxygen atoms in total. The molecule has 7 heteroatoms. The minimum atomic E-state index is -0.517. The SMILES string of the molecule is Cc1ccccc1Sc1ccc([N+](=O)[O-])cc1C(N)=NO. The summed E-state index contributed by atoms with van der Waals surface area (Å²) in [6, 6.07) is 12.0. The summed E-state index contributed by atoms with van der Waals surface area (Å²) >= 11 is 1.41. The molecule has 0 unspecified atom stereocenters. The van der Waals surface area contributed by atoms with Crippen LogP contribution in [0.2, 0.25) is 0 Å². The summed E-state index contributed by atoms with van der Waals surface area (Å²) in [6.45, 7) is 1.97. The second-order valence-electron chi connectivity index (χ2n) is 4.29. The highest BCUT2D eigenvalue weighted by Crippen LogP contribution is 2.34. The van der Waals surface area contributed by atoms with Gasteiger partial charge in [0.1, 0.15) is 0 Å². The van der Waals surface area contributed by atoms with E-state index in [9.17, 15) is 10.1 Å². The van der Waals surface area contributed by atoms with Gasteiger partial charge in [-0.1, -0.05) is 35.1 Å². The van der Waals surface area contributed by atoms with Crippen molar-refractivity contribution in [1.29, 1.82) is 0 Å². The van der Waals surface area contributed by atoms with Crippen LogP contribution in [0.3, 0.4) is 0 Å². The molecule has 0 saturated carbocycles. The highest BCUT2D eigenvalue weighted by atomic mass is 32.2. The van der Waals surface area contributed by atoms with Crippen LogP contribution in [-0.4, -0.2) is 16.0 Å². The number of nitrogens with two attached hydrogens (primary N) is 1. The lowest BCUT2D eigenvalue weighted by molar-refractivity contribution is -0.384. The molecule has 0 fully saturated rings. The van der Waals surface area contributed by atoms with Gasteiger partial charge in [0.25, 0.3) is 5.69 Å². The number of hydrogen-bond acceptors (Lipinski definition) is 5. The van der Waals surface area contributed by atoms with Gasteiger partial charge in [-0.05, 0) is 24.6 Å². The molecule has 0 bridgehead atoms. The summed E-state index contributed by atoms with van der Waals surface area (Å²) in [5, 5.41) is 22.6. The average Bonchev–Trinajstić information content (AvgIpc) is 2.49. The van der Waals surface area contributed by atoms with Crippen molar-refractivity contribution in [3.05, 3.63) is 63.7 Å². The van der Waals surface area contributed by atoms with Crippen LogP contribution < -0.4 is 5.73 Å². The van der Waals surface area contributed by atoms with Gasteiger partial charge < -0.3 is 10.9 Å². The van der Waals surface area contributed by atoms with E-state index in [1.165, 1.54) is 23.9 Å². The second-order valence-corrected chi connectivity index (χ2v) is 5.37. The van der Waals surface area contributed by atoms with E-state index in [0.29, 0.717) is 10.5 Å². The first-order valence-corrected chi connectivity index (χ1v) is 6.84. The van der Waals surface area contributed by atoms with Gasteiger partial charge in [0, 0.05) is 27.5 Å². The Hall–Kier alpha value is -2.54. The van der Waals surface area contributed by atoms with Gasteiger partial charge in [-0.2, -0.15) is 0 Å². The summed E-state index contributed by atoms with van der Waals surface area (Å²) < 4.78 is 0. The van der Waals surface area contributed by atoms with E-state index in [4.69, 9.17) is 10.9 Å². The number of aryl methyl sites for hydroxylation is 1. The molecule has 0 spiro atoms. The summed E-state index contributed by atoms with van der Waals surface area (Å²) in [5.41, 5.74) is 6.92. The van der Waals surface area contributed by atoms with Gasteiger partial charge in [-0.25, -0.2) is 0 Å². The highest BCUT2D eigenvalue weighted by molar-refractivity contribution is 7.99. The Morgan fingerprint density at radius 1 is 1.29 bits per heavy atom. The van der Waals surface area contributed by atoms with Crippen LogP contribution in [0.1, 0.15) is 11.1 Å². The second kappa shape index (κ2) is 6.27. The number of nitrogens with zero attached hydrogens (tertiary/aromatic N) is 2. The maximum absolute atomic E-state index is 10.8. The molecular formula is C14H13N3O3S. The van der Waals surface area contributed by atoms with Crippen molar-refractivity contribution in [3.63, 3.8) is 0 Å². The van der Waals surface area contributed by atoms with Gasteiger partial charge in [0.05, 0.1) is 4.92 Å². The molecule has 0 radical (unpaired) electrons. The van der Waals surface area contributed by atoms with Crippen LogP contribution in [-0.2, 0) is 0 Å². The lowest BCUT2D eigenvalue weighted by Gasteiger charge is -2.09. The molecule has 0 heterocycles. The summed E-state index contributed by atoms with van der Waals surface area (Å²) in [7, 11) is 0. The molecule has 0 aromatic heterocycles. The molecule has 2 rings (SSSR count). The quantitative estimate of drug-likeness (QED) is 0.297. The van der Waals surface area contributed by atoms with Gasteiger partial charge in [-0.15, -0.1) is 0 Å². The Morgan fingerprint density at radius 2 is 2.00 bits per heavy atom. The van der Waals surface area contributed by atoms with E-state index in [2.05, 4.69) is 5.16 Å². The molecular weight excluding hydrogens is 290 g/mol. The third-order valence-corrected chi connectivity index (χ3v) is 4.13. The number of nitro groups is 1. The van der Waals surface area contributed by atoms with Crippen molar-refractivity contribution in [2.24, 2.45) is 10.9 Å². The monoisotopic (exact) mass is 303 g/mol. The van der Waals surface area contributed by atoms with E-state index in [1.54, 1.807) is 6.07 Å². The van der Waals surface area contributed by atoms with Crippen molar-refractivity contribution < 1.29 is 10.1 Å². The lowest BCUT2D eigenvalue weighted by Crippen LogP contribution is -2.14. The number of rotatable bonds is 4. The van der Waals surface area contributed by atoms with Crippen LogP contribution >= 0.6 is 11.8 Å². The van der Waals surface area contributed by atoms with Gasteiger partial charge >= 0.3 is 0 Å². The van der Waals surface area contributed by atoms with E-state index in [1.807, 2.05) is 31.2 Å². The zero-order valence-corrected chi connectivity index (χ0v) is 12.0. The molecule has 3 N–H and O–H groups in total. The standard InChI is InChI=1S/C14H13N3O3S/c1-9-4-2-3-5-12(9)21-13-7-6-10(17(19)20)8-11(13)14(15)16-18/h2-8,18H,1H3,(H2,15,16). The molecule has 0 aliphatic rings. The Bertz CT molecular complexity index is 716. The van der Waals surface area contributed by atoms with Crippen LogP contribution in [0, 0.1) is 17.0 Å². The first-order chi connectivity index (χ1) is 10.0. The Labute approximate surface area is 125 Å². The zero-order chi connectivity index (χ0) is 15.4. The van der Waals surface area contributed by atoms with E-state index < -0.39 is 4.92 Å². The molecule has 108 valence electrons. The van der Waals surface area contributed by atoms with E-state index in [0.717, 1.165) is 10.5 Å². The molecule has 21 heavy (non-hydrogen) atoms. The Morgan fingerprint density at radius 3 is 2.62 bits per heavy atom. The minimum Gasteiger partial charge on any atom is -0.409 e. The number of non-ortho nitro benzene ring substituents is 1. The largest absolute Gasteiger partial charge is 0.409 e. The fourth-order valence-electron chi connectivity index (χ4n) is 1.76. The van der Waals surface area contributed by atoms with Crippen molar-refractivity contribution in [2.45, 2.75) is 16.7 Å². The fourth-order valence-corrected chi connectivity index (χ4v) is 2.79. The number of hydrogen-bond donors (Lipinski definition) is 2. The van der Waals surface area contributed by atoms with Crippen LogP contribution in [0.5, 0.6) is 0 Å². The molecule has 0 aliphatic carbocycles. The predicted molar refractivity (Wildman–Crippen MR) is 80.9 cm³/mol. The molecule has 0 saturated heterocycles. The number of oxime groups is 1. The predicted octanol–water partition coefficient (Wildman–Crippen LogP) is 3.15. The van der Waals surface area contributed by atoms with Gasteiger partial charge in [-0.3, -0.25) is 10.1 Å². The van der Waals surface area contributed by atoms with Crippen molar-refractivity contribution >= 4 is 23.3 Å². The van der Waals surface area contributed by atoms with Gasteiger partial charge in [0.15, 0.2) is 5.84 Å². The molecule has 2 aromatic rings. The number of nitro benzene ring substituents is 1. The normalized spacial score (nSPS) is 11.4. The smallest absolute Gasteiger partial charge is 0.270 e. The molecule has 0 aliphatic heterocycles. The topological polar surface area (TPSA) is 102 Å². The van der Waals surface area contributed by atoms with E-state index >= 15 is 0 Å². The Kier molecular flexibility index (Phi) is 4.44. The maximum Gasteiger partial charge on any atom is 0.270 e. The minimum absolute atomic E-state index is 0.106. The fraction of sp³-hybridized carbons (Fsp3) is 0.0714. The van der Waals surface area contributed by atoms with Crippen molar-refractivity contribution in [1.82, 2.24) is 0 Å². The van der Waals surface area contributed by atoms with E-state index in [-0.39, 0.29) is 11.5 Å². The lowest BCUT2D eigenvalue weighted by atomic mass is 10.2. The maximum atomic E-state index is 10.8. The average molecular weight is 303 g/mol. The van der Waals surface area contributed by atoms with Crippen LogP contribution in [0.15, 0.2) is 57.4 Å². The first-order valence-electron chi connectivity index (χ1n) is 6.02. The third-order valence-electron chi connectivity index (χ3n) is 2.87. The molecule has 0 atom stereocenters. The summed E-state index contributed by atoms with van der Waals surface area (Å²) in [4.78, 5) is 12.0. The Balaban J connectivity index is 2.48. The number of benzene rings is 2. The third kappa shape index (κ3) is 3.32. The summed E-state index contributed by atoms with van der Waals surface area (Å²) in [6.07, 6.45) is 0. The molecule has 0 amide bonds. The van der Waals surface area contributed by atoms with Crippen LogP contribution in [0.25, 0.3) is 0 Å². The first kappa shape index (κ1) is 14.9. The van der Waals surface area contributed by atoms with Crippen LogP contribution in [0.4, 0.5) is 5.69 Å². The summed E-state index contributed by atoms with van der Waals surface area (Å²) in [5.74, 6) is -0.158. The number of amidine groups is 1. The molecule has 2 aromatic carbocycles. The zero-order valence-electron chi connectivity index (χ0n) is 11.2. The van der Waals surface area contributed by atoms with Crippen molar-refractivity contribution in [3.8, 4) is 0 Å². The van der Waals surface area contributed by atoms with Crippen molar-refractivity contribution in [2.75, 3.05) is 0 Å². The van der Waals surface area contributed by atoms with Gasteiger partial charge in [0.2, 0.25) is 0 Å².